The quantitative estimate of drug-likeness (QED) is 0.624. The summed E-state index contributed by atoms with van der Waals surface area (Å²) in [6, 6.07) is 2.59. The van der Waals surface area contributed by atoms with Crippen molar-refractivity contribution in [3.8, 4) is 0 Å². The van der Waals surface area contributed by atoms with E-state index in [9.17, 15) is 17.6 Å². The molecule has 0 aliphatic carbocycles. The number of nitrogens with two attached hydrogens (primary N) is 2. The Kier molecular flexibility index (Phi) is 4.83. The minimum absolute atomic E-state index is 0.328. The fourth-order valence-corrected chi connectivity index (χ4v) is 2.89. The van der Waals surface area contributed by atoms with Gasteiger partial charge < -0.3 is 11.5 Å². The number of nitrogens with zero attached hydrogens (tertiary/aromatic N) is 1. The molecule has 0 aliphatic heterocycles. The van der Waals surface area contributed by atoms with Gasteiger partial charge in [0.1, 0.15) is 4.90 Å². The van der Waals surface area contributed by atoms with E-state index in [1.165, 1.54) is 12.1 Å². The van der Waals surface area contributed by atoms with E-state index in [4.69, 9.17) is 11.5 Å². The van der Waals surface area contributed by atoms with Gasteiger partial charge in [-0.1, -0.05) is 19.4 Å². The number of amides is 1. The predicted octanol–water partition coefficient (Wildman–Crippen LogP) is 0.595. The molecule has 0 spiro atoms. The Labute approximate surface area is 116 Å². The van der Waals surface area contributed by atoms with Crippen LogP contribution < -0.4 is 11.5 Å². The molecule has 1 aromatic rings. The van der Waals surface area contributed by atoms with Gasteiger partial charge in [0.05, 0.1) is 5.56 Å². The molecule has 6 nitrogen and oxygen atoms in total. The maximum absolute atomic E-state index is 14.3. The SMILES string of the molecule is CCCc1ccc(C(=O)N=C(N)N)c(F)c1S(C)(=O)=O. The van der Waals surface area contributed by atoms with Crippen molar-refractivity contribution in [2.75, 3.05) is 6.26 Å². The van der Waals surface area contributed by atoms with Crippen LogP contribution in [-0.2, 0) is 16.3 Å². The minimum Gasteiger partial charge on any atom is -0.370 e. The van der Waals surface area contributed by atoms with Crippen LogP contribution in [0.5, 0.6) is 0 Å². The Morgan fingerprint density at radius 3 is 2.40 bits per heavy atom. The van der Waals surface area contributed by atoms with E-state index in [0.717, 1.165) is 6.26 Å². The topological polar surface area (TPSA) is 116 Å². The lowest BCUT2D eigenvalue weighted by Crippen LogP contribution is -2.24. The highest BCUT2D eigenvalue weighted by molar-refractivity contribution is 7.90. The van der Waals surface area contributed by atoms with Gasteiger partial charge in [-0.3, -0.25) is 4.79 Å². The van der Waals surface area contributed by atoms with Gasteiger partial charge in [0.25, 0.3) is 5.91 Å². The molecule has 20 heavy (non-hydrogen) atoms. The number of benzene rings is 1. The van der Waals surface area contributed by atoms with Crippen LogP contribution in [0.25, 0.3) is 0 Å². The van der Waals surface area contributed by atoms with Crippen LogP contribution in [0.15, 0.2) is 22.0 Å². The molecule has 0 aromatic heterocycles. The molecule has 0 radical (unpaired) electrons. The smallest absolute Gasteiger partial charge is 0.283 e. The Morgan fingerprint density at radius 2 is 1.95 bits per heavy atom. The van der Waals surface area contributed by atoms with Crippen LogP contribution in [0.3, 0.4) is 0 Å². The van der Waals surface area contributed by atoms with Crippen LogP contribution in [0.2, 0.25) is 0 Å². The van der Waals surface area contributed by atoms with Gasteiger partial charge in [0.15, 0.2) is 21.6 Å². The minimum atomic E-state index is -3.81. The maximum Gasteiger partial charge on any atom is 0.283 e. The largest absolute Gasteiger partial charge is 0.370 e. The zero-order valence-electron chi connectivity index (χ0n) is 11.2. The van der Waals surface area contributed by atoms with Crippen LogP contribution in [0.1, 0.15) is 29.3 Å². The third-order valence-corrected chi connectivity index (χ3v) is 3.71. The standard InChI is InChI=1S/C12H16FN3O3S/c1-3-4-7-5-6-8(11(17)16-12(14)15)9(13)10(7)20(2,18)19/h5-6H,3-4H2,1-2H3,(H4,14,15,16,17). The summed E-state index contributed by atoms with van der Waals surface area (Å²) in [5.74, 6) is -2.66. The second-order valence-electron chi connectivity index (χ2n) is 4.28. The highest BCUT2D eigenvalue weighted by Gasteiger charge is 2.24. The number of hydrogen-bond donors (Lipinski definition) is 2. The molecule has 110 valence electrons. The lowest BCUT2D eigenvalue weighted by Gasteiger charge is -2.10. The number of carbonyl (C=O) groups is 1. The van der Waals surface area contributed by atoms with Crippen LogP contribution in [-0.4, -0.2) is 26.5 Å². The summed E-state index contributed by atoms with van der Waals surface area (Å²) in [6.45, 7) is 1.84. The first kappa shape index (κ1) is 16.1. The number of aliphatic imine (C=N–C) groups is 1. The van der Waals surface area contributed by atoms with Gasteiger partial charge in [0.2, 0.25) is 0 Å². The van der Waals surface area contributed by atoms with Crippen LogP contribution >= 0.6 is 0 Å². The molecule has 0 bridgehead atoms. The van der Waals surface area contributed by atoms with Crippen molar-refractivity contribution >= 4 is 21.7 Å². The number of rotatable bonds is 4. The zero-order valence-corrected chi connectivity index (χ0v) is 12.0. The average Bonchev–Trinajstić information content (AvgIpc) is 2.26. The molecule has 0 saturated carbocycles. The summed E-state index contributed by atoms with van der Waals surface area (Å²) >= 11 is 0. The van der Waals surface area contributed by atoms with Crippen molar-refractivity contribution < 1.29 is 17.6 Å². The van der Waals surface area contributed by atoms with Gasteiger partial charge in [-0.25, -0.2) is 12.8 Å². The van der Waals surface area contributed by atoms with Crippen molar-refractivity contribution in [1.82, 2.24) is 0 Å². The molecule has 0 fully saturated rings. The predicted molar refractivity (Wildman–Crippen MR) is 73.6 cm³/mol. The van der Waals surface area contributed by atoms with Crippen LogP contribution in [0, 0.1) is 5.82 Å². The number of carbonyl (C=O) groups excluding carboxylic acids is 1. The highest BCUT2D eigenvalue weighted by atomic mass is 32.2. The maximum atomic E-state index is 14.3. The van der Waals surface area contributed by atoms with Crippen LogP contribution in [0.4, 0.5) is 4.39 Å². The Balaban J connectivity index is 3.55. The van der Waals surface area contributed by atoms with Crippen molar-refractivity contribution in [3.05, 3.63) is 29.1 Å². The van der Waals surface area contributed by atoms with Crippen molar-refractivity contribution in [2.24, 2.45) is 16.5 Å². The normalized spacial score (nSPS) is 11.2. The lowest BCUT2D eigenvalue weighted by atomic mass is 10.1. The summed E-state index contributed by atoms with van der Waals surface area (Å²) in [5, 5.41) is 0. The van der Waals surface area contributed by atoms with Crippen molar-refractivity contribution in [2.45, 2.75) is 24.7 Å². The molecular weight excluding hydrogens is 285 g/mol. The molecule has 1 aromatic carbocycles. The second-order valence-corrected chi connectivity index (χ2v) is 6.23. The first-order chi connectivity index (χ1) is 9.18. The molecule has 0 atom stereocenters. The molecule has 0 unspecified atom stereocenters. The van der Waals surface area contributed by atoms with Gasteiger partial charge in [-0.05, 0) is 18.1 Å². The summed E-state index contributed by atoms with van der Waals surface area (Å²) < 4.78 is 37.7. The van der Waals surface area contributed by atoms with E-state index < -0.39 is 38.0 Å². The van der Waals surface area contributed by atoms with E-state index >= 15 is 0 Å². The monoisotopic (exact) mass is 301 g/mol. The molecule has 4 N–H and O–H groups in total. The van der Waals surface area contributed by atoms with Crippen molar-refractivity contribution in [1.29, 1.82) is 0 Å². The van der Waals surface area contributed by atoms with E-state index in [-0.39, 0.29) is 0 Å². The number of halogens is 1. The summed E-state index contributed by atoms with van der Waals surface area (Å²) in [5.41, 5.74) is 9.95. The number of hydrogen-bond acceptors (Lipinski definition) is 3. The number of guanidine groups is 1. The highest BCUT2D eigenvalue weighted by Crippen LogP contribution is 2.24. The Hall–Kier alpha value is -1.96. The van der Waals surface area contributed by atoms with Gasteiger partial charge >= 0.3 is 0 Å². The molecule has 1 amide bonds. The molecular formula is C12H16FN3O3S. The Bertz CT molecular complexity index is 665. The molecule has 0 saturated heterocycles. The Morgan fingerprint density at radius 1 is 1.35 bits per heavy atom. The van der Waals surface area contributed by atoms with E-state index in [0.29, 0.717) is 18.4 Å². The van der Waals surface area contributed by atoms with Gasteiger partial charge in [-0.2, -0.15) is 4.99 Å². The summed E-state index contributed by atoms with van der Waals surface area (Å²) in [6.07, 6.45) is 1.92. The van der Waals surface area contributed by atoms with Crippen molar-refractivity contribution in [3.63, 3.8) is 0 Å². The van der Waals surface area contributed by atoms with Gasteiger partial charge in [-0.15, -0.1) is 0 Å². The van der Waals surface area contributed by atoms with Gasteiger partial charge in [0, 0.05) is 6.26 Å². The zero-order chi connectivity index (χ0) is 15.5. The molecule has 0 heterocycles. The third-order valence-electron chi connectivity index (χ3n) is 2.53. The fourth-order valence-electron chi connectivity index (χ4n) is 1.81. The first-order valence-corrected chi connectivity index (χ1v) is 7.73. The average molecular weight is 301 g/mol. The first-order valence-electron chi connectivity index (χ1n) is 5.83. The lowest BCUT2D eigenvalue weighted by molar-refractivity contribution is 0.0998. The summed E-state index contributed by atoms with van der Waals surface area (Å²) in [7, 11) is -3.81. The number of aryl methyl sites for hydroxylation is 1. The van der Waals surface area contributed by atoms with E-state index in [2.05, 4.69) is 4.99 Å². The van der Waals surface area contributed by atoms with E-state index in [1.54, 1.807) is 0 Å². The van der Waals surface area contributed by atoms with E-state index in [1.807, 2.05) is 6.92 Å². The fraction of sp³-hybridized carbons (Fsp3) is 0.333. The third kappa shape index (κ3) is 3.53. The number of sulfone groups is 1. The summed E-state index contributed by atoms with van der Waals surface area (Å²) in [4.78, 5) is 14.4. The molecule has 0 aliphatic rings. The molecule has 1 rings (SSSR count). The molecule has 8 heteroatoms. The second kappa shape index (κ2) is 6.00.